The molecule has 0 aliphatic carbocycles. The van der Waals surface area contributed by atoms with Crippen molar-refractivity contribution in [2.45, 2.75) is 66.2 Å². The first kappa shape index (κ1) is 28.4. The predicted molar refractivity (Wildman–Crippen MR) is 157 cm³/mol. The summed E-state index contributed by atoms with van der Waals surface area (Å²) in [6.07, 6.45) is 8.22. The minimum Gasteiger partial charge on any atom is -0.348 e. The number of H-pyrrole nitrogens is 1. The van der Waals surface area contributed by atoms with Gasteiger partial charge in [0, 0.05) is 50.2 Å². The van der Waals surface area contributed by atoms with E-state index in [9.17, 15) is 4.79 Å². The Kier molecular flexibility index (Phi) is 10.6. The minimum atomic E-state index is 0.143. The highest BCUT2D eigenvalue weighted by Gasteiger charge is 2.13. The summed E-state index contributed by atoms with van der Waals surface area (Å²) >= 11 is 0. The van der Waals surface area contributed by atoms with Crippen LogP contribution >= 0.6 is 0 Å². The van der Waals surface area contributed by atoms with Gasteiger partial charge in [-0.25, -0.2) is 4.98 Å². The number of carbonyl (C=O) groups excluding carboxylic acids is 1. The average molecular weight is 524 g/mol. The number of ketones is 1. The van der Waals surface area contributed by atoms with Crippen LogP contribution in [0.1, 0.15) is 70.8 Å². The van der Waals surface area contributed by atoms with E-state index in [-0.39, 0.29) is 5.78 Å². The minimum absolute atomic E-state index is 0.143. The van der Waals surface area contributed by atoms with E-state index < -0.39 is 0 Å². The number of benzene rings is 2. The zero-order chi connectivity index (χ0) is 27.5. The van der Waals surface area contributed by atoms with Crippen molar-refractivity contribution in [3.05, 3.63) is 119 Å². The van der Waals surface area contributed by atoms with E-state index in [4.69, 9.17) is 0 Å². The Morgan fingerprint density at radius 2 is 1.38 bits per heavy atom. The van der Waals surface area contributed by atoms with Crippen LogP contribution in [-0.4, -0.2) is 43.6 Å². The fourth-order valence-electron chi connectivity index (χ4n) is 4.94. The van der Waals surface area contributed by atoms with Gasteiger partial charge in [0.25, 0.3) is 0 Å². The molecule has 0 saturated carbocycles. The molecule has 0 bridgehead atoms. The lowest BCUT2D eigenvalue weighted by Crippen LogP contribution is -2.24. The molecule has 0 spiro atoms. The standard InChI is InChI=1S/C33H41N5O/c1-4-18-37(19-5-2)22-28-8-6-27(7-9-28)21-32(39)30-12-10-29(11-13-30)23-38(25-33-35-16-17-36-33)24-31-20-26(3)14-15-34-31/h6-17,20H,4-5,18-19,21-25H2,1-3H3,(H,35,36). The second-order valence-electron chi connectivity index (χ2n) is 10.4. The number of Topliss-reactive ketones (excluding diaryl/α,β-unsaturated/α-hetero) is 1. The number of nitrogens with zero attached hydrogens (tertiary/aromatic N) is 4. The molecule has 0 fully saturated rings. The number of hydrogen-bond donors (Lipinski definition) is 1. The van der Waals surface area contributed by atoms with Crippen molar-refractivity contribution < 1.29 is 4.79 Å². The van der Waals surface area contributed by atoms with Crippen LogP contribution in [0.15, 0.2) is 79.3 Å². The third-order valence-corrected chi connectivity index (χ3v) is 6.84. The molecule has 6 heteroatoms. The number of carbonyl (C=O) groups is 1. The number of pyridine rings is 1. The first-order valence-corrected chi connectivity index (χ1v) is 14.1. The van der Waals surface area contributed by atoms with Gasteiger partial charge in [-0.1, -0.05) is 62.4 Å². The molecule has 204 valence electrons. The maximum absolute atomic E-state index is 13.0. The monoisotopic (exact) mass is 523 g/mol. The Hall–Kier alpha value is -3.61. The van der Waals surface area contributed by atoms with Gasteiger partial charge in [0.15, 0.2) is 5.78 Å². The summed E-state index contributed by atoms with van der Waals surface area (Å²) in [7, 11) is 0. The summed E-state index contributed by atoms with van der Waals surface area (Å²) in [6, 6.07) is 20.7. The molecule has 2 heterocycles. The molecular formula is C33H41N5O. The summed E-state index contributed by atoms with van der Waals surface area (Å²) in [5.41, 5.74) is 6.49. The van der Waals surface area contributed by atoms with Crippen LogP contribution < -0.4 is 0 Å². The molecule has 1 N–H and O–H groups in total. The van der Waals surface area contributed by atoms with E-state index in [1.54, 1.807) is 6.20 Å². The van der Waals surface area contributed by atoms with Gasteiger partial charge in [-0.05, 0) is 67.2 Å². The molecule has 0 atom stereocenters. The number of aryl methyl sites for hydroxylation is 1. The highest BCUT2D eigenvalue weighted by atomic mass is 16.1. The Morgan fingerprint density at radius 3 is 2.00 bits per heavy atom. The highest BCUT2D eigenvalue weighted by molar-refractivity contribution is 5.97. The SMILES string of the molecule is CCCN(CCC)Cc1ccc(CC(=O)c2ccc(CN(Cc3cc(C)ccn3)Cc3ncc[nH]3)cc2)cc1. The number of aromatic nitrogens is 3. The molecule has 0 unspecified atom stereocenters. The molecule has 2 aromatic carbocycles. The van der Waals surface area contributed by atoms with E-state index in [0.29, 0.717) is 19.5 Å². The molecule has 6 nitrogen and oxygen atoms in total. The largest absolute Gasteiger partial charge is 0.348 e. The maximum atomic E-state index is 13.0. The van der Waals surface area contributed by atoms with Gasteiger partial charge in [0.1, 0.15) is 5.82 Å². The van der Waals surface area contributed by atoms with Gasteiger partial charge >= 0.3 is 0 Å². The number of rotatable bonds is 15. The Bertz CT molecular complexity index is 1280. The van der Waals surface area contributed by atoms with Gasteiger partial charge in [0.2, 0.25) is 0 Å². The quantitative estimate of drug-likeness (QED) is 0.184. The Morgan fingerprint density at radius 1 is 0.744 bits per heavy atom. The van der Waals surface area contributed by atoms with Crippen molar-refractivity contribution in [3.8, 4) is 0 Å². The molecule has 0 radical (unpaired) electrons. The van der Waals surface area contributed by atoms with Crippen molar-refractivity contribution in [1.82, 2.24) is 24.8 Å². The van der Waals surface area contributed by atoms with Crippen LogP contribution in [0.25, 0.3) is 0 Å². The van der Waals surface area contributed by atoms with Crippen molar-refractivity contribution in [3.63, 3.8) is 0 Å². The fraction of sp³-hybridized carbons (Fsp3) is 0.364. The summed E-state index contributed by atoms with van der Waals surface area (Å²) < 4.78 is 0. The zero-order valence-electron chi connectivity index (χ0n) is 23.6. The number of imidazole rings is 1. The number of aromatic amines is 1. The van der Waals surface area contributed by atoms with Crippen LogP contribution in [0.5, 0.6) is 0 Å². The topological polar surface area (TPSA) is 65.1 Å². The molecule has 4 aromatic rings. The van der Waals surface area contributed by atoms with Crippen molar-refractivity contribution in [2.75, 3.05) is 13.1 Å². The smallest absolute Gasteiger partial charge is 0.167 e. The molecule has 39 heavy (non-hydrogen) atoms. The van der Waals surface area contributed by atoms with Crippen LogP contribution in [0, 0.1) is 6.92 Å². The van der Waals surface area contributed by atoms with Gasteiger partial charge < -0.3 is 4.98 Å². The summed E-state index contributed by atoms with van der Waals surface area (Å²) in [6.45, 7) is 11.9. The third kappa shape index (κ3) is 8.98. The van der Waals surface area contributed by atoms with Crippen LogP contribution in [0.3, 0.4) is 0 Å². The van der Waals surface area contributed by atoms with E-state index >= 15 is 0 Å². The third-order valence-electron chi connectivity index (χ3n) is 6.84. The normalized spacial score (nSPS) is 11.4. The first-order chi connectivity index (χ1) is 19.0. The van der Waals surface area contributed by atoms with E-state index in [2.05, 4.69) is 88.0 Å². The molecule has 0 amide bonds. The highest BCUT2D eigenvalue weighted by Crippen LogP contribution is 2.16. The molecule has 0 saturated heterocycles. The fourth-order valence-corrected chi connectivity index (χ4v) is 4.94. The van der Waals surface area contributed by atoms with Crippen LogP contribution in [0.4, 0.5) is 0 Å². The van der Waals surface area contributed by atoms with Crippen molar-refractivity contribution in [1.29, 1.82) is 0 Å². The lowest BCUT2D eigenvalue weighted by atomic mass is 10.0. The Balaban J connectivity index is 1.36. The summed E-state index contributed by atoms with van der Waals surface area (Å²) in [5.74, 6) is 1.06. The van der Waals surface area contributed by atoms with E-state index in [1.807, 2.05) is 30.6 Å². The van der Waals surface area contributed by atoms with Gasteiger partial charge in [0.05, 0.1) is 12.2 Å². The van der Waals surface area contributed by atoms with E-state index in [0.717, 1.165) is 67.2 Å². The maximum Gasteiger partial charge on any atom is 0.167 e. The van der Waals surface area contributed by atoms with E-state index in [1.165, 1.54) is 11.1 Å². The van der Waals surface area contributed by atoms with Crippen molar-refractivity contribution >= 4 is 5.78 Å². The van der Waals surface area contributed by atoms with Crippen molar-refractivity contribution in [2.24, 2.45) is 0 Å². The molecule has 0 aliphatic rings. The average Bonchev–Trinajstić information content (AvgIpc) is 3.43. The molecule has 2 aromatic heterocycles. The van der Waals surface area contributed by atoms with Gasteiger partial charge in [-0.3, -0.25) is 19.6 Å². The number of nitrogens with one attached hydrogen (secondary N) is 1. The Labute approximate surface area is 233 Å². The first-order valence-electron chi connectivity index (χ1n) is 14.1. The zero-order valence-corrected chi connectivity index (χ0v) is 23.6. The lowest BCUT2D eigenvalue weighted by Gasteiger charge is -2.21. The van der Waals surface area contributed by atoms with Gasteiger partial charge in [-0.2, -0.15) is 0 Å². The summed E-state index contributed by atoms with van der Waals surface area (Å²) in [4.78, 5) is 30.0. The second-order valence-corrected chi connectivity index (χ2v) is 10.4. The molecular weight excluding hydrogens is 482 g/mol. The lowest BCUT2D eigenvalue weighted by molar-refractivity contribution is 0.0993. The summed E-state index contributed by atoms with van der Waals surface area (Å²) in [5, 5.41) is 0. The van der Waals surface area contributed by atoms with Gasteiger partial charge in [-0.15, -0.1) is 0 Å². The predicted octanol–water partition coefficient (Wildman–Crippen LogP) is 6.36. The molecule has 0 aliphatic heterocycles. The number of hydrogen-bond acceptors (Lipinski definition) is 5. The second kappa shape index (κ2) is 14.5. The molecule has 4 rings (SSSR count). The van der Waals surface area contributed by atoms with Crippen LogP contribution in [-0.2, 0) is 32.6 Å². The van der Waals surface area contributed by atoms with Crippen LogP contribution in [0.2, 0.25) is 0 Å².